The molecule has 0 spiro atoms. The fourth-order valence-corrected chi connectivity index (χ4v) is 2.92. The van der Waals surface area contributed by atoms with Crippen LogP contribution >= 0.6 is 0 Å². The van der Waals surface area contributed by atoms with E-state index in [0.29, 0.717) is 17.0 Å². The van der Waals surface area contributed by atoms with E-state index in [1.54, 1.807) is 12.1 Å². The third-order valence-corrected chi connectivity index (χ3v) is 4.10. The predicted molar refractivity (Wildman–Crippen MR) is 91.2 cm³/mol. The summed E-state index contributed by atoms with van der Waals surface area (Å²) in [5.41, 5.74) is 7.94. The molecular formula is C16H18FN7. The van der Waals surface area contributed by atoms with Crippen molar-refractivity contribution in [1.29, 1.82) is 0 Å². The van der Waals surface area contributed by atoms with E-state index in [-0.39, 0.29) is 11.8 Å². The maximum Gasteiger partial charge on any atom is 0.224 e. The molecule has 0 atom stereocenters. The highest BCUT2D eigenvalue weighted by Crippen LogP contribution is 2.27. The monoisotopic (exact) mass is 327 g/mol. The fourth-order valence-electron chi connectivity index (χ4n) is 2.92. The van der Waals surface area contributed by atoms with Gasteiger partial charge in [-0.1, -0.05) is 0 Å². The first-order valence-electron chi connectivity index (χ1n) is 7.95. The van der Waals surface area contributed by atoms with Gasteiger partial charge in [-0.15, -0.1) is 0 Å². The number of halogens is 1. The minimum atomic E-state index is -0.281. The van der Waals surface area contributed by atoms with Crippen LogP contribution in [0.25, 0.3) is 22.6 Å². The van der Waals surface area contributed by atoms with Crippen LogP contribution in [0.1, 0.15) is 6.42 Å². The summed E-state index contributed by atoms with van der Waals surface area (Å²) in [6.07, 6.45) is 1.03. The standard InChI is InChI=1S/C16H18FN7/c17-11-4-2-10(3-5-11)13-20-12-14(21-13)22-16(18)23-15(12)24-8-1-6-19-7-9-24/h2-5,19H,1,6-9H2,(H3,18,20,21,22,23). The van der Waals surface area contributed by atoms with Crippen molar-refractivity contribution in [2.45, 2.75) is 6.42 Å². The first-order valence-corrected chi connectivity index (χ1v) is 7.95. The van der Waals surface area contributed by atoms with E-state index in [4.69, 9.17) is 5.73 Å². The zero-order valence-corrected chi connectivity index (χ0v) is 13.1. The van der Waals surface area contributed by atoms with Gasteiger partial charge in [0.15, 0.2) is 17.0 Å². The van der Waals surface area contributed by atoms with Gasteiger partial charge in [0.05, 0.1) is 0 Å². The molecule has 124 valence electrons. The fraction of sp³-hybridized carbons (Fsp3) is 0.312. The summed E-state index contributed by atoms with van der Waals surface area (Å²) in [6, 6.07) is 6.17. The van der Waals surface area contributed by atoms with Crippen molar-refractivity contribution in [2.75, 3.05) is 36.8 Å². The van der Waals surface area contributed by atoms with E-state index in [0.717, 1.165) is 44.0 Å². The average Bonchev–Trinajstić information content (AvgIpc) is 2.81. The van der Waals surface area contributed by atoms with Crippen molar-refractivity contribution in [2.24, 2.45) is 0 Å². The first-order chi connectivity index (χ1) is 11.7. The third-order valence-electron chi connectivity index (χ3n) is 4.10. The molecule has 7 nitrogen and oxygen atoms in total. The van der Waals surface area contributed by atoms with Crippen LogP contribution in [0.15, 0.2) is 24.3 Å². The molecule has 0 radical (unpaired) electrons. The van der Waals surface area contributed by atoms with Gasteiger partial charge in [-0.25, -0.2) is 9.37 Å². The summed E-state index contributed by atoms with van der Waals surface area (Å²) in [5.74, 6) is 1.30. The summed E-state index contributed by atoms with van der Waals surface area (Å²) < 4.78 is 13.1. The molecule has 1 fully saturated rings. The predicted octanol–water partition coefficient (Wildman–Crippen LogP) is 1.54. The van der Waals surface area contributed by atoms with Gasteiger partial charge in [0.2, 0.25) is 5.95 Å². The van der Waals surface area contributed by atoms with Gasteiger partial charge in [0, 0.05) is 25.2 Å². The van der Waals surface area contributed by atoms with Crippen molar-refractivity contribution in [3.8, 4) is 11.4 Å². The van der Waals surface area contributed by atoms with Crippen LogP contribution < -0.4 is 16.0 Å². The van der Waals surface area contributed by atoms with E-state index in [2.05, 4.69) is 30.2 Å². The maximum atomic E-state index is 13.1. The number of nitrogen functional groups attached to an aromatic ring is 1. The number of fused-ring (bicyclic) bond motifs is 1. The second-order valence-electron chi connectivity index (χ2n) is 5.79. The lowest BCUT2D eigenvalue weighted by molar-refractivity contribution is 0.628. The lowest BCUT2D eigenvalue weighted by Gasteiger charge is -2.21. The molecule has 0 bridgehead atoms. The number of H-pyrrole nitrogens is 1. The molecule has 0 unspecified atom stereocenters. The molecule has 1 aliphatic heterocycles. The Balaban J connectivity index is 1.80. The summed E-state index contributed by atoms with van der Waals surface area (Å²) in [5, 5.41) is 3.37. The van der Waals surface area contributed by atoms with Gasteiger partial charge >= 0.3 is 0 Å². The Morgan fingerprint density at radius 2 is 1.88 bits per heavy atom. The van der Waals surface area contributed by atoms with Crippen LogP contribution in [0, 0.1) is 5.82 Å². The molecule has 2 aromatic heterocycles. The van der Waals surface area contributed by atoms with Gasteiger partial charge in [-0.2, -0.15) is 9.97 Å². The van der Waals surface area contributed by atoms with Crippen LogP contribution in [-0.4, -0.2) is 46.1 Å². The molecule has 0 saturated carbocycles. The Labute approximate surface area is 138 Å². The zero-order valence-electron chi connectivity index (χ0n) is 13.1. The lowest BCUT2D eigenvalue weighted by Crippen LogP contribution is -2.29. The molecule has 4 rings (SSSR count). The Kier molecular flexibility index (Phi) is 3.73. The van der Waals surface area contributed by atoms with Gasteiger partial charge in [-0.3, -0.25) is 0 Å². The van der Waals surface area contributed by atoms with Crippen LogP contribution in [0.2, 0.25) is 0 Å². The van der Waals surface area contributed by atoms with E-state index >= 15 is 0 Å². The van der Waals surface area contributed by atoms with Crippen molar-refractivity contribution in [3.05, 3.63) is 30.1 Å². The second-order valence-corrected chi connectivity index (χ2v) is 5.79. The van der Waals surface area contributed by atoms with Gasteiger partial charge in [0.25, 0.3) is 0 Å². The third kappa shape index (κ3) is 2.76. The number of nitrogens with one attached hydrogen (secondary N) is 2. The highest BCUT2D eigenvalue weighted by Gasteiger charge is 2.19. The van der Waals surface area contributed by atoms with Crippen molar-refractivity contribution in [1.82, 2.24) is 25.3 Å². The first kappa shape index (κ1) is 14.8. The smallest absolute Gasteiger partial charge is 0.224 e. The molecule has 1 aliphatic rings. The minimum Gasteiger partial charge on any atom is -0.368 e. The maximum absolute atomic E-state index is 13.1. The number of aromatic nitrogens is 4. The van der Waals surface area contributed by atoms with Crippen molar-refractivity contribution >= 4 is 22.9 Å². The number of imidazole rings is 1. The molecule has 0 amide bonds. The number of nitrogens with two attached hydrogens (primary N) is 1. The highest BCUT2D eigenvalue weighted by molar-refractivity contribution is 5.87. The van der Waals surface area contributed by atoms with E-state index in [1.807, 2.05) is 0 Å². The highest BCUT2D eigenvalue weighted by atomic mass is 19.1. The van der Waals surface area contributed by atoms with Crippen molar-refractivity contribution in [3.63, 3.8) is 0 Å². The number of anilines is 2. The number of benzene rings is 1. The van der Waals surface area contributed by atoms with Crippen LogP contribution in [0.4, 0.5) is 16.2 Å². The Hall–Kier alpha value is -2.74. The van der Waals surface area contributed by atoms with Crippen molar-refractivity contribution < 1.29 is 4.39 Å². The van der Waals surface area contributed by atoms with Gasteiger partial charge in [0.1, 0.15) is 11.6 Å². The molecular weight excluding hydrogens is 309 g/mol. The lowest BCUT2D eigenvalue weighted by atomic mass is 10.2. The molecule has 3 aromatic rings. The van der Waals surface area contributed by atoms with Crippen LogP contribution in [0.5, 0.6) is 0 Å². The van der Waals surface area contributed by atoms with Gasteiger partial charge in [-0.05, 0) is 37.2 Å². The molecule has 3 heterocycles. The summed E-state index contributed by atoms with van der Waals surface area (Å²) in [6.45, 7) is 3.60. The zero-order chi connectivity index (χ0) is 16.5. The number of hydrogen-bond acceptors (Lipinski definition) is 6. The van der Waals surface area contributed by atoms with E-state index < -0.39 is 0 Å². The van der Waals surface area contributed by atoms with Crippen LogP contribution in [-0.2, 0) is 0 Å². The van der Waals surface area contributed by atoms with E-state index in [1.165, 1.54) is 12.1 Å². The Morgan fingerprint density at radius 1 is 1.04 bits per heavy atom. The SMILES string of the molecule is Nc1nc(N2CCCNCC2)c2nc(-c3ccc(F)cc3)[nH]c2n1. The molecule has 4 N–H and O–H groups in total. The van der Waals surface area contributed by atoms with Gasteiger partial charge < -0.3 is 20.9 Å². The molecule has 1 aromatic carbocycles. The molecule has 24 heavy (non-hydrogen) atoms. The normalized spacial score (nSPS) is 15.6. The summed E-state index contributed by atoms with van der Waals surface area (Å²) in [7, 11) is 0. The quantitative estimate of drug-likeness (QED) is 0.661. The minimum absolute atomic E-state index is 0.212. The summed E-state index contributed by atoms with van der Waals surface area (Å²) in [4.78, 5) is 18.6. The van der Waals surface area contributed by atoms with E-state index in [9.17, 15) is 4.39 Å². The molecule has 0 aliphatic carbocycles. The summed E-state index contributed by atoms with van der Waals surface area (Å²) >= 11 is 0. The average molecular weight is 327 g/mol. The van der Waals surface area contributed by atoms with Crippen LogP contribution in [0.3, 0.4) is 0 Å². The molecule has 1 saturated heterocycles. The number of nitrogens with zero attached hydrogens (tertiary/aromatic N) is 4. The molecule has 8 heteroatoms. The Bertz CT molecular complexity index is 851. The Morgan fingerprint density at radius 3 is 2.71 bits per heavy atom. The topological polar surface area (TPSA) is 95.7 Å². The number of aromatic amines is 1. The largest absolute Gasteiger partial charge is 0.368 e. The second kappa shape index (κ2) is 6.04. The number of rotatable bonds is 2. The number of hydrogen-bond donors (Lipinski definition) is 3.